The van der Waals surface area contributed by atoms with Crippen molar-refractivity contribution in [1.82, 2.24) is 4.98 Å². The van der Waals surface area contributed by atoms with Crippen LogP contribution in [-0.2, 0) is 6.61 Å². The molecule has 0 bridgehead atoms. The summed E-state index contributed by atoms with van der Waals surface area (Å²) in [5.74, 6) is -0.992. The molecule has 0 amide bonds. The van der Waals surface area contributed by atoms with E-state index in [1.807, 2.05) is 24.3 Å². The molecule has 17 heavy (non-hydrogen) atoms. The Bertz CT molecular complexity index is 535. The van der Waals surface area contributed by atoms with E-state index in [9.17, 15) is 4.79 Å². The lowest BCUT2D eigenvalue weighted by atomic mass is 10.1. The number of aromatic nitrogens is 1. The topological polar surface area (TPSA) is 70.4 Å². The van der Waals surface area contributed by atoms with Crippen LogP contribution in [0.4, 0.5) is 0 Å². The molecule has 2 aromatic rings. The van der Waals surface area contributed by atoms with Crippen LogP contribution in [-0.4, -0.2) is 21.2 Å². The summed E-state index contributed by atoms with van der Waals surface area (Å²) < 4.78 is 0. The van der Waals surface area contributed by atoms with Crippen molar-refractivity contribution in [3.8, 4) is 11.3 Å². The summed E-state index contributed by atoms with van der Waals surface area (Å²) in [7, 11) is 0. The quantitative estimate of drug-likeness (QED) is 0.843. The SMILES string of the molecule is O=C(O)c1ccc(-c2cccc(CO)c2)nc1. The number of carboxylic acids is 1. The third-order valence-electron chi connectivity index (χ3n) is 2.42. The summed E-state index contributed by atoms with van der Waals surface area (Å²) in [5, 5.41) is 17.8. The molecule has 1 heterocycles. The van der Waals surface area contributed by atoms with Gasteiger partial charge in [0.15, 0.2) is 0 Å². The van der Waals surface area contributed by atoms with Crippen molar-refractivity contribution in [2.24, 2.45) is 0 Å². The molecule has 0 saturated heterocycles. The van der Waals surface area contributed by atoms with E-state index in [2.05, 4.69) is 4.98 Å². The van der Waals surface area contributed by atoms with Crippen molar-refractivity contribution in [2.45, 2.75) is 6.61 Å². The van der Waals surface area contributed by atoms with E-state index in [0.717, 1.165) is 11.1 Å². The van der Waals surface area contributed by atoms with Gasteiger partial charge in [-0.3, -0.25) is 4.98 Å². The molecule has 0 fully saturated rings. The molecule has 0 aliphatic carbocycles. The number of carboxylic acid groups (broad SMARTS) is 1. The first-order chi connectivity index (χ1) is 8.20. The molecule has 2 rings (SSSR count). The van der Waals surface area contributed by atoms with Crippen LogP contribution >= 0.6 is 0 Å². The van der Waals surface area contributed by atoms with Gasteiger partial charge in [-0.2, -0.15) is 0 Å². The number of hydrogen-bond donors (Lipinski definition) is 2. The summed E-state index contributed by atoms with van der Waals surface area (Å²) in [5.41, 5.74) is 2.50. The fourth-order valence-corrected chi connectivity index (χ4v) is 1.52. The Balaban J connectivity index is 2.36. The highest BCUT2D eigenvalue weighted by Crippen LogP contribution is 2.18. The van der Waals surface area contributed by atoms with Gasteiger partial charge in [-0.25, -0.2) is 4.79 Å². The maximum absolute atomic E-state index is 10.7. The number of hydrogen-bond acceptors (Lipinski definition) is 3. The summed E-state index contributed by atoms with van der Waals surface area (Å²) in [6.07, 6.45) is 1.32. The maximum atomic E-state index is 10.7. The van der Waals surface area contributed by atoms with E-state index in [4.69, 9.17) is 10.2 Å². The van der Waals surface area contributed by atoms with Gasteiger partial charge in [0.25, 0.3) is 0 Å². The Morgan fingerprint density at radius 1 is 1.24 bits per heavy atom. The third-order valence-corrected chi connectivity index (χ3v) is 2.42. The summed E-state index contributed by atoms with van der Waals surface area (Å²) in [6, 6.07) is 10.5. The smallest absolute Gasteiger partial charge is 0.337 e. The Hall–Kier alpha value is -2.20. The van der Waals surface area contributed by atoms with Crippen molar-refractivity contribution in [3.05, 3.63) is 53.7 Å². The zero-order valence-corrected chi connectivity index (χ0v) is 9.00. The van der Waals surface area contributed by atoms with Gasteiger partial charge in [0.1, 0.15) is 0 Å². The first-order valence-electron chi connectivity index (χ1n) is 5.10. The minimum atomic E-state index is -0.992. The Kier molecular flexibility index (Phi) is 3.16. The largest absolute Gasteiger partial charge is 0.478 e. The normalized spacial score (nSPS) is 10.2. The van der Waals surface area contributed by atoms with Crippen LogP contribution in [0.5, 0.6) is 0 Å². The molecule has 0 aliphatic rings. The zero-order chi connectivity index (χ0) is 12.3. The van der Waals surface area contributed by atoms with E-state index in [1.54, 1.807) is 6.07 Å². The van der Waals surface area contributed by atoms with Gasteiger partial charge in [0, 0.05) is 11.8 Å². The van der Waals surface area contributed by atoms with Crippen LogP contribution in [0.3, 0.4) is 0 Å². The van der Waals surface area contributed by atoms with Crippen LogP contribution in [0.25, 0.3) is 11.3 Å². The Labute approximate surface area is 98.2 Å². The highest BCUT2D eigenvalue weighted by molar-refractivity contribution is 5.87. The molecule has 1 aromatic carbocycles. The number of aromatic carboxylic acids is 1. The molecule has 0 unspecified atom stereocenters. The molecule has 86 valence electrons. The van der Waals surface area contributed by atoms with Crippen molar-refractivity contribution in [3.63, 3.8) is 0 Å². The van der Waals surface area contributed by atoms with Gasteiger partial charge < -0.3 is 10.2 Å². The molecule has 0 atom stereocenters. The Morgan fingerprint density at radius 2 is 2.06 bits per heavy atom. The van der Waals surface area contributed by atoms with Crippen LogP contribution in [0.15, 0.2) is 42.6 Å². The lowest BCUT2D eigenvalue weighted by molar-refractivity contribution is 0.0696. The van der Waals surface area contributed by atoms with Crippen LogP contribution in [0, 0.1) is 0 Å². The highest BCUT2D eigenvalue weighted by atomic mass is 16.4. The lowest BCUT2D eigenvalue weighted by Crippen LogP contribution is -1.97. The number of benzene rings is 1. The zero-order valence-electron chi connectivity index (χ0n) is 9.00. The fourth-order valence-electron chi connectivity index (χ4n) is 1.52. The van der Waals surface area contributed by atoms with E-state index < -0.39 is 5.97 Å². The standard InChI is InChI=1S/C13H11NO3/c15-8-9-2-1-3-10(6-9)12-5-4-11(7-14-12)13(16)17/h1-7,15H,8H2,(H,16,17). The number of rotatable bonds is 3. The van der Waals surface area contributed by atoms with Crippen molar-refractivity contribution in [1.29, 1.82) is 0 Å². The lowest BCUT2D eigenvalue weighted by Gasteiger charge is -2.03. The predicted molar refractivity (Wildman–Crippen MR) is 62.6 cm³/mol. The predicted octanol–water partition coefficient (Wildman–Crippen LogP) is 1.94. The molecular weight excluding hydrogens is 218 g/mol. The molecule has 0 spiro atoms. The van der Waals surface area contributed by atoms with Gasteiger partial charge in [-0.1, -0.05) is 18.2 Å². The summed E-state index contributed by atoms with van der Waals surface area (Å²) in [6.45, 7) is -0.0267. The van der Waals surface area contributed by atoms with Crippen LogP contribution in [0.1, 0.15) is 15.9 Å². The van der Waals surface area contributed by atoms with Gasteiger partial charge >= 0.3 is 5.97 Å². The van der Waals surface area contributed by atoms with Gasteiger partial charge in [-0.05, 0) is 23.8 Å². The average Bonchev–Trinajstić information content (AvgIpc) is 2.39. The molecular formula is C13H11NO3. The second-order valence-corrected chi connectivity index (χ2v) is 3.60. The molecule has 1 aromatic heterocycles. The minimum absolute atomic E-state index is 0.0267. The number of nitrogens with zero attached hydrogens (tertiary/aromatic N) is 1. The molecule has 4 heteroatoms. The van der Waals surface area contributed by atoms with Gasteiger partial charge in [0.05, 0.1) is 17.9 Å². The van der Waals surface area contributed by atoms with E-state index >= 15 is 0 Å². The number of carbonyl (C=O) groups is 1. The monoisotopic (exact) mass is 229 g/mol. The third kappa shape index (κ3) is 2.49. The van der Waals surface area contributed by atoms with Crippen molar-refractivity contribution in [2.75, 3.05) is 0 Å². The number of pyridine rings is 1. The maximum Gasteiger partial charge on any atom is 0.337 e. The molecule has 4 nitrogen and oxygen atoms in total. The number of aliphatic hydroxyl groups excluding tert-OH is 1. The van der Waals surface area contributed by atoms with Crippen LogP contribution < -0.4 is 0 Å². The average molecular weight is 229 g/mol. The second-order valence-electron chi connectivity index (χ2n) is 3.60. The fraction of sp³-hybridized carbons (Fsp3) is 0.0769. The first kappa shape index (κ1) is 11.3. The van der Waals surface area contributed by atoms with E-state index in [-0.39, 0.29) is 12.2 Å². The summed E-state index contributed by atoms with van der Waals surface area (Å²) in [4.78, 5) is 14.8. The summed E-state index contributed by atoms with van der Waals surface area (Å²) >= 11 is 0. The van der Waals surface area contributed by atoms with Crippen molar-refractivity contribution < 1.29 is 15.0 Å². The van der Waals surface area contributed by atoms with E-state index in [1.165, 1.54) is 12.3 Å². The minimum Gasteiger partial charge on any atom is -0.478 e. The Morgan fingerprint density at radius 3 is 2.65 bits per heavy atom. The molecule has 2 N–H and O–H groups in total. The first-order valence-corrected chi connectivity index (χ1v) is 5.10. The number of aliphatic hydroxyl groups is 1. The van der Waals surface area contributed by atoms with E-state index in [0.29, 0.717) is 5.69 Å². The molecule has 0 saturated carbocycles. The van der Waals surface area contributed by atoms with Crippen molar-refractivity contribution >= 4 is 5.97 Å². The molecule has 0 radical (unpaired) electrons. The van der Waals surface area contributed by atoms with Crippen LogP contribution in [0.2, 0.25) is 0 Å². The second kappa shape index (κ2) is 4.76. The van der Waals surface area contributed by atoms with Gasteiger partial charge in [-0.15, -0.1) is 0 Å². The van der Waals surface area contributed by atoms with Gasteiger partial charge in [0.2, 0.25) is 0 Å². The molecule has 0 aliphatic heterocycles. The highest BCUT2D eigenvalue weighted by Gasteiger charge is 2.04.